The quantitative estimate of drug-likeness (QED) is 0.406. The molecule has 0 radical (unpaired) electrons. The first-order valence-corrected chi connectivity index (χ1v) is 8.15. The Hall–Kier alpha value is -3.33. The van der Waals surface area contributed by atoms with E-state index in [4.69, 9.17) is 17.0 Å². The minimum Gasteiger partial charge on any atom is -0.497 e. The van der Waals surface area contributed by atoms with E-state index in [0.717, 1.165) is 28.4 Å². The van der Waals surface area contributed by atoms with Gasteiger partial charge in [0, 0.05) is 5.69 Å². The van der Waals surface area contributed by atoms with Crippen molar-refractivity contribution in [2.24, 2.45) is 5.10 Å². The normalized spacial score (nSPS) is 11.1. The Morgan fingerprint density at radius 2 is 2.00 bits per heavy atom. The predicted molar refractivity (Wildman–Crippen MR) is 104 cm³/mol. The second-order valence-corrected chi connectivity index (χ2v) is 5.70. The first-order valence-electron chi connectivity index (χ1n) is 7.75. The number of hydrogen-bond donors (Lipinski definition) is 2. The highest BCUT2D eigenvalue weighted by Gasteiger charge is 2.03. The number of thiocarbonyl (C=S) groups is 1. The lowest BCUT2D eigenvalue weighted by Crippen LogP contribution is -2.24. The molecular weight excluding hydrogens is 350 g/mol. The van der Waals surface area contributed by atoms with Crippen molar-refractivity contribution in [3.05, 3.63) is 60.4 Å². The van der Waals surface area contributed by atoms with Crippen molar-refractivity contribution in [2.75, 3.05) is 12.4 Å². The van der Waals surface area contributed by atoms with Crippen LogP contribution in [0.2, 0.25) is 0 Å². The molecule has 0 fully saturated rings. The molecule has 0 saturated carbocycles. The predicted octanol–water partition coefficient (Wildman–Crippen LogP) is 2.38. The van der Waals surface area contributed by atoms with E-state index in [1.807, 2.05) is 55.5 Å². The summed E-state index contributed by atoms with van der Waals surface area (Å²) in [4.78, 5) is 0. The topological polar surface area (TPSA) is 89.2 Å². The minimum absolute atomic E-state index is 0.395. The molecule has 0 aliphatic heterocycles. The molecule has 132 valence electrons. The summed E-state index contributed by atoms with van der Waals surface area (Å²) in [6, 6.07) is 15.2. The summed E-state index contributed by atoms with van der Waals surface area (Å²) < 4.78 is 6.71. The molecule has 26 heavy (non-hydrogen) atoms. The van der Waals surface area contributed by atoms with Gasteiger partial charge in [0.2, 0.25) is 0 Å². The van der Waals surface area contributed by atoms with Crippen molar-refractivity contribution >= 4 is 28.7 Å². The van der Waals surface area contributed by atoms with Crippen molar-refractivity contribution in [3.63, 3.8) is 0 Å². The molecule has 0 unspecified atom stereocenters. The van der Waals surface area contributed by atoms with Crippen molar-refractivity contribution in [2.45, 2.75) is 6.92 Å². The number of rotatable bonds is 5. The smallest absolute Gasteiger partial charge is 0.191 e. The Bertz CT molecular complexity index is 907. The van der Waals surface area contributed by atoms with E-state index in [2.05, 4.69) is 31.4 Å². The summed E-state index contributed by atoms with van der Waals surface area (Å²) in [5.74, 6) is 0.783. The Morgan fingerprint density at radius 3 is 2.69 bits per heavy atom. The number of methoxy groups -OCH3 is 1. The average Bonchev–Trinajstić information content (AvgIpc) is 3.22. The average molecular weight is 367 g/mol. The number of benzene rings is 2. The van der Waals surface area contributed by atoms with Crippen molar-refractivity contribution in [1.82, 2.24) is 25.6 Å². The number of aromatic nitrogens is 4. The van der Waals surface area contributed by atoms with Crippen molar-refractivity contribution in [3.8, 4) is 11.4 Å². The number of hydrazone groups is 1. The first kappa shape index (κ1) is 17.5. The van der Waals surface area contributed by atoms with Gasteiger partial charge in [-0.15, -0.1) is 5.10 Å². The molecule has 0 spiro atoms. The van der Waals surface area contributed by atoms with Gasteiger partial charge in [-0.2, -0.15) is 5.10 Å². The lowest BCUT2D eigenvalue weighted by molar-refractivity contribution is 0.415. The lowest BCUT2D eigenvalue weighted by atomic mass is 10.1. The fraction of sp³-hybridized carbons (Fsp3) is 0.118. The van der Waals surface area contributed by atoms with E-state index < -0.39 is 0 Å². The number of ether oxygens (including phenoxy) is 1. The highest BCUT2D eigenvalue weighted by molar-refractivity contribution is 7.80. The van der Waals surface area contributed by atoms with Gasteiger partial charge in [0.25, 0.3) is 0 Å². The summed E-state index contributed by atoms with van der Waals surface area (Å²) in [6.45, 7) is 1.89. The fourth-order valence-electron chi connectivity index (χ4n) is 2.19. The molecule has 2 aromatic carbocycles. The third-order valence-electron chi connectivity index (χ3n) is 3.55. The summed E-state index contributed by atoms with van der Waals surface area (Å²) >= 11 is 5.27. The molecule has 0 aliphatic carbocycles. The highest BCUT2D eigenvalue weighted by Crippen LogP contribution is 2.15. The lowest BCUT2D eigenvalue weighted by Gasteiger charge is -2.09. The Balaban J connectivity index is 1.64. The SMILES string of the molecule is COc1ccc(NC(=S)N/N=C(/C)c2cccc(-n3cnnn3)c2)cc1. The van der Waals surface area contributed by atoms with Crippen LogP contribution in [0.1, 0.15) is 12.5 Å². The molecule has 0 aliphatic rings. The standard InChI is InChI=1S/C17H17N7OS/c1-12(13-4-3-5-15(10-13)24-11-18-22-23-24)20-21-17(26)19-14-6-8-16(25-2)9-7-14/h3-11H,1-2H3,(H2,19,21,26)/b20-12-. The van der Waals surface area contributed by atoms with Gasteiger partial charge in [-0.05, 0) is 71.5 Å². The maximum Gasteiger partial charge on any atom is 0.191 e. The van der Waals surface area contributed by atoms with E-state index in [1.54, 1.807) is 11.8 Å². The molecule has 1 aromatic heterocycles. The number of tetrazole rings is 1. The number of nitrogens with zero attached hydrogens (tertiary/aromatic N) is 5. The van der Waals surface area contributed by atoms with Gasteiger partial charge in [-0.3, -0.25) is 5.43 Å². The van der Waals surface area contributed by atoms with E-state index in [9.17, 15) is 0 Å². The zero-order valence-electron chi connectivity index (χ0n) is 14.2. The van der Waals surface area contributed by atoms with E-state index >= 15 is 0 Å². The monoisotopic (exact) mass is 367 g/mol. The van der Waals surface area contributed by atoms with Crippen LogP contribution < -0.4 is 15.5 Å². The Labute approximate surface area is 155 Å². The fourth-order valence-corrected chi connectivity index (χ4v) is 2.35. The van der Waals surface area contributed by atoms with Crippen molar-refractivity contribution < 1.29 is 4.74 Å². The van der Waals surface area contributed by atoms with Crippen LogP contribution in [0.4, 0.5) is 5.69 Å². The molecule has 9 heteroatoms. The van der Waals surface area contributed by atoms with Gasteiger partial charge in [0.15, 0.2) is 5.11 Å². The second kappa shape index (κ2) is 8.17. The molecule has 3 rings (SSSR count). The Kier molecular flexibility index (Phi) is 5.49. The molecular formula is C17H17N7OS. The maximum absolute atomic E-state index is 5.27. The summed E-state index contributed by atoms with van der Waals surface area (Å²) in [6.07, 6.45) is 1.54. The molecule has 0 atom stereocenters. The third kappa shape index (κ3) is 4.39. The Morgan fingerprint density at radius 1 is 1.19 bits per heavy atom. The summed E-state index contributed by atoms with van der Waals surface area (Å²) in [7, 11) is 1.63. The number of nitrogens with one attached hydrogen (secondary N) is 2. The van der Waals surface area contributed by atoms with Gasteiger partial charge in [-0.25, -0.2) is 4.68 Å². The van der Waals surface area contributed by atoms with Gasteiger partial charge in [0.1, 0.15) is 12.1 Å². The zero-order valence-corrected chi connectivity index (χ0v) is 15.1. The van der Waals surface area contributed by atoms with Gasteiger partial charge in [0.05, 0.1) is 18.5 Å². The molecule has 0 saturated heterocycles. The summed E-state index contributed by atoms with van der Waals surface area (Å²) in [5.41, 5.74) is 6.24. The van der Waals surface area contributed by atoms with Gasteiger partial charge in [-0.1, -0.05) is 12.1 Å². The van der Waals surface area contributed by atoms with E-state index in [1.165, 1.54) is 6.33 Å². The minimum atomic E-state index is 0.395. The van der Waals surface area contributed by atoms with Crippen LogP contribution in [0, 0.1) is 0 Å². The van der Waals surface area contributed by atoms with E-state index in [-0.39, 0.29) is 0 Å². The molecule has 0 bridgehead atoms. The largest absolute Gasteiger partial charge is 0.497 e. The van der Waals surface area contributed by atoms with Crippen LogP contribution in [0.25, 0.3) is 5.69 Å². The van der Waals surface area contributed by atoms with Crippen LogP contribution >= 0.6 is 12.2 Å². The maximum atomic E-state index is 5.27. The molecule has 2 N–H and O–H groups in total. The first-order chi connectivity index (χ1) is 12.7. The van der Waals surface area contributed by atoms with E-state index in [0.29, 0.717) is 5.11 Å². The van der Waals surface area contributed by atoms with Crippen molar-refractivity contribution in [1.29, 1.82) is 0 Å². The van der Waals surface area contributed by atoms with Crippen LogP contribution in [0.3, 0.4) is 0 Å². The van der Waals surface area contributed by atoms with Crippen LogP contribution in [-0.4, -0.2) is 38.1 Å². The number of anilines is 1. The number of hydrogen-bond acceptors (Lipinski definition) is 6. The second-order valence-electron chi connectivity index (χ2n) is 5.30. The van der Waals surface area contributed by atoms with Crippen LogP contribution in [0.15, 0.2) is 60.0 Å². The molecule has 0 amide bonds. The van der Waals surface area contributed by atoms with Crippen LogP contribution in [-0.2, 0) is 0 Å². The third-order valence-corrected chi connectivity index (χ3v) is 3.74. The highest BCUT2D eigenvalue weighted by atomic mass is 32.1. The molecule has 8 nitrogen and oxygen atoms in total. The summed E-state index contributed by atoms with van der Waals surface area (Å²) in [5, 5.41) is 18.9. The molecule has 1 heterocycles. The van der Waals surface area contributed by atoms with Crippen LogP contribution in [0.5, 0.6) is 5.75 Å². The molecule has 3 aromatic rings. The van der Waals surface area contributed by atoms with Gasteiger partial charge >= 0.3 is 0 Å². The zero-order chi connectivity index (χ0) is 18.4. The van der Waals surface area contributed by atoms with Gasteiger partial charge < -0.3 is 10.1 Å².